The van der Waals surface area contributed by atoms with E-state index in [-0.39, 0.29) is 5.41 Å². The van der Waals surface area contributed by atoms with Gasteiger partial charge in [0.05, 0.1) is 10.2 Å². The van der Waals surface area contributed by atoms with Crippen LogP contribution in [-0.2, 0) is 5.41 Å². The van der Waals surface area contributed by atoms with Crippen molar-refractivity contribution >= 4 is 27.8 Å². The van der Waals surface area contributed by atoms with Crippen molar-refractivity contribution in [2.24, 2.45) is 0 Å². The van der Waals surface area contributed by atoms with Crippen molar-refractivity contribution in [2.45, 2.75) is 18.3 Å². The molecule has 1 aliphatic rings. The predicted molar refractivity (Wildman–Crippen MR) is 107 cm³/mol. The quantitative estimate of drug-likeness (QED) is 0.411. The molecule has 0 atom stereocenters. The minimum atomic E-state index is -0.415. The van der Waals surface area contributed by atoms with Crippen LogP contribution in [0.4, 0.5) is 4.39 Å². The molecule has 0 radical (unpaired) electrons. The van der Waals surface area contributed by atoms with Crippen LogP contribution < -0.4 is 0 Å². The van der Waals surface area contributed by atoms with E-state index in [9.17, 15) is 9.18 Å². The maximum atomic E-state index is 14.4. The fraction of sp³-hybridized carbons (Fsp3) is 0.130. The molecule has 0 aliphatic heterocycles. The van der Waals surface area contributed by atoms with Crippen molar-refractivity contribution < 1.29 is 9.18 Å². The molecule has 0 unspecified atom stereocenters. The van der Waals surface area contributed by atoms with Gasteiger partial charge in [0.1, 0.15) is 17.1 Å². The monoisotopic (exact) mass is 373 g/mol. The van der Waals surface area contributed by atoms with Crippen LogP contribution in [0.5, 0.6) is 0 Å². The van der Waals surface area contributed by atoms with E-state index >= 15 is 0 Å². The molecule has 1 fully saturated rings. The van der Waals surface area contributed by atoms with Gasteiger partial charge in [-0.05, 0) is 48.2 Å². The molecular formula is C23H16FNOS. The summed E-state index contributed by atoms with van der Waals surface area (Å²) in [6.45, 7) is 0. The molecule has 0 amide bonds. The molecule has 4 aromatic rings. The predicted octanol–water partition coefficient (Wildman–Crippen LogP) is 5.99. The number of aldehydes is 1. The van der Waals surface area contributed by atoms with E-state index in [0.717, 1.165) is 23.1 Å². The molecule has 1 aromatic heterocycles. The van der Waals surface area contributed by atoms with Crippen molar-refractivity contribution in [3.8, 4) is 10.6 Å². The number of nitrogens with zero attached hydrogens (tertiary/aromatic N) is 1. The second-order valence-electron chi connectivity index (χ2n) is 7.01. The Hall–Kier alpha value is -2.85. The van der Waals surface area contributed by atoms with Gasteiger partial charge in [-0.2, -0.15) is 0 Å². The summed E-state index contributed by atoms with van der Waals surface area (Å²) in [6.07, 6.45) is 2.95. The van der Waals surface area contributed by atoms with E-state index in [1.165, 1.54) is 28.5 Å². The highest BCUT2D eigenvalue weighted by Crippen LogP contribution is 2.54. The third-order valence-corrected chi connectivity index (χ3v) is 6.43. The Labute approximate surface area is 160 Å². The highest BCUT2D eigenvalue weighted by molar-refractivity contribution is 7.21. The molecule has 5 rings (SSSR count). The molecule has 1 saturated carbocycles. The molecule has 0 N–H and O–H groups in total. The first-order valence-corrected chi connectivity index (χ1v) is 9.73. The fourth-order valence-corrected chi connectivity index (χ4v) is 4.77. The number of benzene rings is 3. The number of aromatic nitrogens is 1. The highest BCUT2D eigenvalue weighted by Gasteiger charge is 2.45. The van der Waals surface area contributed by atoms with Gasteiger partial charge in [-0.25, -0.2) is 9.37 Å². The van der Waals surface area contributed by atoms with Crippen LogP contribution in [0.15, 0.2) is 66.7 Å². The van der Waals surface area contributed by atoms with E-state index in [2.05, 4.69) is 41.4 Å². The number of carbonyl (C=O) groups excluding carboxylic acids is 1. The lowest BCUT2D eigenvalue weighted by molar-refractivity contribution is 0.112. The van der Waals surface area contributed by atoms with Crippen molar-refractivity contribution in [1.82, 2.24) is 4.98 Å². The summed E-state index contributed by atoms with van der Waals surface area (Å²) in [5.74, 6) is -0.415. The fourth-order valence-electron chi connectivity index (χ4n) is 3.74. The SMILES string of the molecule is O=Cc1ccc(-c2nc3ccc(C4(c5ccccc5)CC4)cc3s2)c(F)c1. The van der Waals surface area contributed by atoms with Crippen LogP contribution in [0.3, 0.4) is 0 Å². The first-order valence-electron chi connectivity index (χ1n) is 8.91. The Morgan fingerprint density at radius 1 is 0.963 bits per heavy atom. The molecule has 3 aromatic carbocycles. The molecule has 4 heteroatoms. The lowest BCUT2D eigenvalue weighted by Gasteiger charge is -2.16. The second kappa shape index (κ2) is 6.10. The summed E-state index contributed by atoms with van der Waals surface area (Å²) in [4.78, 5) is 15.4. The van der Waals surface area contributed by atoms with Gasteiger partial charge in [0.25, 0.3) is 0 Å². The molecule has 27 heavy (non-hydrogen) atoms. The van der Waals surface area contributed by atoms with E-state index in [1.807, 2.05) is 12.1 Å². The minimum Gasteiger partial charge on any atom is -0.298 e. The largest absolute Gasteiger partial charge is 0.298 e. The van der Waals surface area contributed by atoms with E-state index in [0.29, 0.717) is 22.4 Å². The summed E-state index contributed by atoms with van der Waals surface area (Å²) in [7, 11) is 0. The first-order chi connectivity index (χ1) is 13.2. The minimum absolute atomic E-state index is 0.108. The van der Waals surface area contributed by atoms with Gasteiger partial charge in [-0.3, -0.25) is 4.79 Å². The number of halogens is 1. The zero-order valence-corrected chi connectivity index (χ0v) is 15.3. The number of thiazole rings is 1. The number of hydrogen-bond donors (Lipinski definition) is 0. The maximum absolute atomic E-state index is 14.4. The number of fused-ring (bicyclic) bond motifs is 1. The lowest BCUT2D eigenvalue weighted by atomic mass is 9.88. The van der Waals surface area contributed by atoms with E-state index < -0.39 is 5.82 Å². The summed E-state index contributed by atoms with van der Waals surface area (Å²) < 4.78 is 15.4. The molecule has 0 spiro atoms. The van der Waals surface area contributed by atoms with Gasteiger partial charge in [0, 0.05) is 16.5 Å². The van der Waals surface area contributed by atoms with Crippen LogP contribution in [0.25, 0.3) is 20.8 Å². The van der Waals surface area contributed by atoms with Gasteiger partial charge in [-0.1, -0.05) is 42.5 Å². The Morgan fingerprint density at radius 3 is 2.48 bits per heavy atom. The second-order valence-corrected chi connectivity index (χ2v) is 8.04. The molecular weight excluding hydrogens is 357 g/mol. The van der Waals surface area contributed by atoms with Crippen LogP contribution in [0, 0.1) is 5.82 Å². The van der Waals surface area contributed by atoms with Crippen LogP contribution in [-0.4, -0.2) is 11.3 Å². The molecule has 132 valence electrons. The highest BCUT2D eigenvalue weighted by atomic mass is 32.1. The van der Waals surface area contributed by atoms with Gasteiger partial charge < -0.3 is 0 Å². The van der Waals surface area contributed by atoms with Gasteiger partial charge in [0.15, 0.2) is 0 Å². The molecule has 0 saturated heterocycles. The average molecular weight is 373 g/mol. The van der Waals surface area contributed by atoms with Gasteiger partial charge >= 0.3 is 0 Å². The Balaban J connectivity index is 1.57. The summed E-state index contributed by atoms with van der Waals surface area (Å²) in [5.41, 5.74) is 4.40. The van der Waals surface area contributed by atoms with Crippen molar-refractivity contribution in [3.63, 3.8) is 0 Å². The summed E-state index contributed by atoms with van der Waals surface area (Å²) >= 11 is 1.49. The van der Waals surface area contributed by atoms with Crippen LogP contribution in [0.2, 0.25) is 0 Å². The lowest BCUT2D eigenvalue weighted by Crippen LogP contribution is -2.07. The topological polar surface area (TPSA) is 30.0 Å². The molecule has 0 bridgehead atoms. The average Bonchev–Trinajstić information content (AvgIpc) is 3.41. The first kappa shape index (κ1) is 16.3. The zero-order chi connectivity index (χ0) is 18.4. The Morgan fingerprint density at radius 2 is 1.78 bits per heavy atom. The van der Waals surface area contributed by atoms with E-state index in [4.69, 9.17) is 0 Å². The Kier molecular flexibility index (Phi) is 3.69. The maximum Gasteiger partial charge on any atom is 0.150 e. The summed E-state index contributed by atoms with van der Waals surface area (Å²) in [6, 6.07) is 21.5. The van der Waals surface area contributed by atoms with Crippen LogP contribution in [0.1, 0.15) is 34.3 Å². The Bertz CT molecular complexity index is 1160. The summed E-state index contributed by atoms with van der Waals surface area (Å²) in [5, 5.41) is 0.640. The van der Waals surface area contributed by atoms with Crippen LogP contribution >= 0.6 is 11.3 Å². The normalized spacial score (nSPS) is 15.0. The van der Waals surface area contributed by atoms with Gasteiger partial charge in [-0.15, -0.1) is 11.3 Å². The molecule has 1 aliphatic carbocycles. The smallest absolute Gasteiger partial charge is 0.150 e. The zero-order valence-electron chi connectivity index (χ0n) is 14.5. The van der Waals surface area contributed by atoms with Crippen molar-refractivity contribution in [2.75, 3.05) is 0 Å². The third-order valence-electron chi connectivity index (χ3n) is 5.38. The number of carbonyl (C=O) groups is 1. The van der Waals surface area contributed by atoms with E-state index in [1.54, 1.807) is 12.1 Å². The molecule has 1 heterocycles. The molecule has 2 nitrogen and oxygen atoms in total. The van der Waals surface area contributed by atoms with Crippen molar-refractivity contribution in [3.05, 3.63) is 89.2 Å². The number of rotatable bonds is 4. The van der Waals surface area contributed by atoms with Crippen molar-refractivity contribution in [1.29, 1.82) is 0 Å². The van der Waals surface area contributed by atoms with Gasteiger partial charge in [0.2, 0.25) is 0 Å². The standard InChI is InChI=1S/C23H16FNOS/c24-19-12-15(14-26)6-8-18(19)22-25-20-9-7-17(13-21(20)27-22)23(10-11-23)16-4-2-1-3-5-16/h1-9,12-14H,10-11H2. The number of hydrogen-bond acceptors (Lipinski definition) is 3. The third kappa shape index (κ3) is 2.68.